The first-order chi connectivity index (χ1) is 11.9. The molecule has 0 aromatic heterocycles. The monoisotopic (exact) mass is 349 g/mol. The Morgan fingerprint density at radius 2 is 1.72 bits per heavy atom. The van der Waals surface area contributed by atoms with E-state index in [2.05, 4.69) is 19.2 Å². The van der Waals surface area contributed by atoms with E-state index in [1.807, 2.05) is 0 Å². The van der Waals surface area contributed by atoms with E-state index in [-0.39, 0.29) is 12.0 Å². The van der Waals surface area contributed by atoms with Gasteiger partial charge in [-0.2, -0.15) is 0 Å². The van der Waals surface area contributed by atoms with Crippen LogP contribution in [0.2, 0.25) is 0 Å². The molecule has 0 saturated heterocycles. The molecule has 4 fully saturated rings. The highest BCUT2D eigenvalue weighted by Crippen LogP contribution is 2.67. The Bertz CT molecular complexity index is 496. The third kappa shape index (κ3) is 2.63. The summed E-state index contributed by atoms with van der Waals surface area (Å²) in [5, 5.41) is 24.0. The minimum absolute atomic E-state index is 0.0154. The van der Waals surface area contributed by atoms with E-state index in [1.54, 1.807) is 0 Å². The lowest BCUT2D eigenvalue weighted by Crippen LogP contribution is -2.60. The molecule has 0 aromatic rings. The van der Waals surface area contributed by atoms with E-state index in [4.69, 9.17) is 5.11 Å². The Labute approximate surface area is 154 Å². The van der Waals surface area contributed by atoms with Crippen LogP contribution in [0.3, 0.4) is 0 Å². The lowest BCUT2D eigenvalue weighted by Gasteiger charge is -2.61. The van der Waals surface area contributed by atoms with Gasteiger partial charge in [0.1, 0.15) is 5.72 Å². The highest BCUT2D eigenvalue weighted by Gasteiger charge is 2.64. The van der Waals surface area contributed by atoms with Crippen LogP contribution in [0.1, 0.15) is 84.5 Å². The van der Waals surface area contributed by atoms with Crippen molar-refractivity contribution in [2.24, 2.45) is 34.5 Å². The average molecular weight is 350 g/mol. The number of fused-ring (bicyclic) bond motifs is 5. The molecule has 4 unspecified atom stereocenters. The number of aliphatic hydroxyl groups excluding tert-OH is 1. The first-order valence-electron chi connectivity index (χ1n) is 11.0. The van der Waals surface area contributed by atoms with Crippen LogP contribution in [0.4, 0.5) is 0 Å². The first kappa shape index (κ1) is 18.3. The van der Waals surface area contributed by atoms with E-state index in [0.29, 0.717) is 11.3 Å². The van der Waals surface area contributed by atoms with Gasteiger partial charge >= 0.3 is 0 Å². The molecule has 144 valence electrons. The molecule has 4 rings (SSSR count). The first-order valence-corrected chi connectivity index (χ1v) is 11.0. The molecule has 3 N–H and O–H groups in total. The smallest absolute Gasteiger partial charge is 0.121 e. The Morgan fingerprint density at radius 3 is 2.52 bits per heavy atom. The molecule has 0 amide bonds. The van der Waals surface area contributed by atoms with Crippen molar-refractivity contribution in [2.45, 2.75) is 90.2 Å². The molecule has 0 aliphatic heterocycles. The fourth-order valence-electron chi connectivity index (χ4n) is 7.98. The summed E-state index contributed by atoms with van der Waals surface area (Å²) in [6, 6.07) is 0. The van der Waals surface area contributed by atoms with Gasteiger partial charge < -0.3 is 10.2 Å². The molecule has 4 aliphatic rings. The van der Waals surface area contributed by atoms with E-state index in [0.717, 1.165) is 37.1 Å². The Morgan fingerprint density at radius 1 is 0.920 bits per heavy atom. The lowest BCUT2D eigenvalue weighted by atomic mass is 9.45. The van der Waals surface area contributed by atoms with Gasteiger partial charge in [-0.1, -0.05) is 26.7 Å². The van der Waals surface area contributed by atoms with Crippen molar-refractivity contribution in [1.29, 1.82) is 0 Å². The van der Waals surface area contributed by atoms with Crippen LogP contribution in [-0.4, -0.2) is 29.1 Å². The highest BCUT2D eigenvalue weighted by molar-refractivity contribution is 5.12. The number of rotatable bonds is 4. The highest BCUT2D eigenvalue weighted by atomic mass is 16.3. The SMILES string of the molecule is C[C@]12CCC3C(CC[C@H]4CCCC[C@]34C)C1CCC2(O)NCCCO. The summed E-state index contributed by atoms with van der Waals surface area (Å²) in [5.74, 6) is 3.36. The molecule has 3 nitrogen and oxygen atoms in total. The summed E-state index contributed by atoms with van der Waals surface area (Å²) in [5.41, 5.74) is -0.128. The second-order valence-electron chi connectivity index (χ2n) is 10.3. The fourth-order valence-corrected chi connectivity index (χ4v) is 7.98. The molecule has 0 radical (unpaired) electrons. The van der Waals surface area contributed by atoms with Gasteiger partial charge in [0.15, 0.2) is 0 Å². The van der Waals surface area contributed by atoms with E-state index >= 15 is 0 Å². The van der Waals surface area contributed by atoms with E-state index in [9.17, 15) is 5.11 Å². The van der Waals surface area contributed by atoms with Crippen molar-refractivity contribution >= 4 is 0 Å². The summed E-state index contributed by atoms with van der Waals surface area (Å²) in [6.07, 6.45) is 13.9. The third-order valence-corrected chi connectivity index (χ3v) is 9.49. The van der Waals surface area contributed by atoms with Crippen LogP contribution >= 0.6 is 0 Å². The Hall–Kier alpha value is -0.120. The van der Waals surface area contributed by atoms with Gasteiger partial charge in [0.2, 0.25) is 0 Å². The molecular formula is C22H39NO2. The molecule has 4 saturated carbocycles. The maximum absolute atomic E-state index is 11.5. The minimum atomic E-state index is -0.720. The van der Waals surface area contributed by atoms with Crippen molar-refractivity contribution in [3.63, 3.8) is 0 Å². The zero-order valence-corrected chi connectivity index (χ0v) is 16.4. The summed E-state index contributed by atoms with van der Waals surface area (Å²) in [4.78, 5) is 0. The standard InChI is InChI=1S/C22H39NO2/c1-20-11-4-3-6-16(20)7-8-17-18(20)9-12-21(2)19(17)10-13-22(21,25)23-14-5-15-24/h16-19,23-25H,3-15H2,1-2H3/t16-,17?,18?,19?,20+,21+,22?/m1/s1. The molecule has 25 heavy (non-hydrogen) atoms. The van der Waals surface area contributed by atoms with Crippen LogP contribution in [-0.2, 0) is 0 Å². The van der Waals surface area contributed by atoms with Gasteiger partial charge in [-0.3, -0.25) is 5.32 Å². The van der Waals surface area contributed by atoms with Crippen LogP contribution in [0.25, 0.3) is 0 Å². The van der Waals surface area contributed by atoms with Gasteiger partial charge in [-0.15, -0.1) is 0 Å². The molecule has 4 aliphatic carbocycles. The third-order valence-electron chi connectivity index (χ3n) is 9.49. The summed E-state index contributed by atoms with van der Waals surface area (Å²) in [6.45, 7) is 5.91. The lowest BCUT2D eigenvalue weighted by molar-refractivity contribution is -0.162. The summed E-state index contributed by atoms with van der Waals surface area (Å²) in [7, 11) is 0. The fraction of sp³-hybridized carbons (Fsp3) is 1.00. The topological polar surface area (TPSA) is 52.5 Å². The summed E-state index contributed by atoms with van der Waals surface area (Å²) >= 11 is 0. The Kier molecular flexibility index (Phi) is 4.74. The van der Waals surface area contributed by atoms with Crippen molar-refractivity contribution in [2.75, 3.05) is 13.2 Å². The molecule has 0 bridgehead atoms. The van der Waals surface area contributed by atoms with Gasteiger partial charge in [0.25, 0.3) is 0 Å². The number of aliphatic hydroxyl groups is 2. The van der Waals surface area contributed by atoms with Crippen LogP contribution in [0, 0.1) is 34.5 Å². The van der Waals surface area contributed by atoms with Gasteiger partial charge in [0.05, 0.1) is 0 Å². The second kappa shape index (κ2) is 6.49. The maximum Gasteiger partial charge on any atom is 0.121 e. The maximum atomic E-state index is 11.5. The van der Waals surface area contributed by atoms with Crippen molar-refractivity contribution in [3.05, 3.63) is 0 Å². The molecule has 0 aromatic carbocycles. The van der Waals surface area contributed by atoms with Crippen molar-refractivity contribution in [3.8, 4) is 0 Å². The second-order valence-corrected chi connectivity index (χ2v) is 10.3. The van der Waals surface area contributed by atoms with Crippen molar-refractivity contribution < 1.29 is 10.2 Å². The predicted molar refractivity (Wildman–Crippen MR) is 101 cm³/mol. The van der Waals surface area contributed by atoms with Crippen LogP contribution < -0.4 is 5.32 Å². The quantitative estimate of drug-likeness (QED) is 0.529. The normalized spacial score (nSPS) is 52.3. The summed E-state index contributed by atoms with van der Waals surface area (Å²) < 4.78 is 0. The zero-order chi connectivity index (χ0) is 17.7. The molecule has 0 spiro atoms. The van der Waals surface area contributed by atoms with Crippen LogP contribution in [0.15, 0.2) is 0 Å². The number of hydrogen-bond acceptors (Lipinski definition) is 3. The zero-order valence-electron chi connectivity index (χ0n) is 16.4. The largest absolute Gasteiger partial charge is 0.396 e. The van der Waals surface area contributed by atoms with E-state index in [1.165, 1.54) is 57.8 Å². The van der Waals surface area contributed by atoms with Gasteiger partial charge in [-0.25, -0.2) is 0 Å². The van der Waals surface area contributed by atoms with Gasteiger partial charge in [-0.05, 0) is 93.4 Å². The predicted octanol–water partition coefficient (Wildman–Crippen LogP) is 4.08. The van der Waals surface area contributed by atoms with Crippen LogP contribution in [0.5, 0.6) is 0 Å². The molecular weight excluding hydrogens is 310 g/mol. The van der Waals surface area contributed by atoms with Crippen molar-refractivity contribution in [1.82, 2.24) is 5.32 Å². The molecule has 0 heterocycles. The van der Waals surface area contributed by atoms with E-state index < -0.39 is 5.72 Å². The van der Waals surface area contributed by atoms with Gasteiger partial charge in [0, 0.05) is 12.0 Å². The molecule has 3 heteroatoms. The number of hydrogen-bond donors (Lipinski definition) is 3. The average Bonchev–Trinajstić information content (AvgIpc) is 2.86. The number of nitrogens with one attached hydrogen (secondary N) is 1. The Balaban J connectivity index is 1.55. The molecule has 7 atom stereocenters. The minimum Gasteiger partial charge on any atom is -0.396 e.